The molecule has 0 amide bonds. The molecule has 1 N–H and O–H groups in total. The zero-order valence-corrected chi connectivity index (χ0v) is 12.9. The predicted octanol–water partition coefficient (Wildman–Crippen LogP) is 3.62. The largest absolute Gasteiger partial charge is 0.478 e. The highest BCUT2D eigenvalue weighted by Gasteiger charge is 2.28. The van der Waals surface area contributed by atoms with Crippen LogP contribution in [0.2, 0.25) is 0 Å². The topological polar surface area (TPSA) is 63.6 Å². The van der Waals surface area contributed by atoms with Gasteiger partial charge in [-0.05, 0) is 18.8 Å². The van der Waals surface area contributed by atoms with E-state index >= 15 is 0 Å². The molecule has 0 aliphatic rings. The third-order valence-corrected chi connectivity index (χ3v) is 5.07. The molecule has 0 saturated carbocycles. The van der Waals surface area contributed by atoms with Crippen molar-refractivity contribution >= 4 is 13.3 Å². The highest BCUT2D eigenvalue weighted by molar-refractivity contribution is 7.59. The van der Waals surface area contributed by atoms with E-state index in [1.165, 1.54) is 0 Å². The molecular weight excluding hydrogens is 251 g/mol. The van der Waals surface area contributed by atoms with Gasteiger partial charge < -0.3 is 9.63 Å². The van der Waals surface area contributed by atoms with E-state index < -0.39 is 13.3 Å². The normalized spacial score (nSPS) is 16.1. The van der Waals surface area contributed by atoms with E-state index in [-0.39, 0.29) is 23.6 Å². The molecule has 18 heavy (non-hydrogen) atoms. The molecule has 1 atom stereocenters. The Hall–Kier alpha value is -0.600. The van der Waals surface area contributed by atoms with Crippen LogP contribution < -0.4 is 0 Å². The van der Waals surface area contributed by atoms with Crippen molar-refractivity contribution in [1.82, 2.24) is 0 Å². The summed E-state index contributed by atoms with van der Waals surface area (Å²) in [6, 6.07) is 0. The summed E-state index contributed by atoms with van der Waals surface area (Å²) in [5, 5.41) is 9.14. The van der Waals surface area contributed by atoms with Crippen LogP contribution in [0, 0.1) is 11.8 Å². The number of hydrogen-bond donors (Lipinski definition) is 1. The fraction of sp³-hybridized carbons (Fsp3) is 0.769. The van der Waals surface area contributed by atoms with Gasteiger partial charge in [0.2, 0.25) is 7.37 Å². The van der Waals surface area contributed by atoms with Crippen LogP contribution in [0.3, 0.4) is 0 Å². The van der Waals surface area contributed by atoms with Crippen LogP contribution in [0.25, 0.3) is 0 Å². The van der Waals surface area contributed by atoms with Crippen LogP contribution in [-0.4, -0.2) is 30.0 Å². The average molecular weight is 276 g/mol. The number of rotatable bonds is 8. The molecule has 0 spiro atoms. The first-order valence-corrected chi connectivity index (χ1v) is 8.36. The van der Waals surface area contributed by atoms with E-state index in [4.69, 9.17) is 9.63 Å². The fourth-order valence-corrected chi connectivity index (χ4v) is 4.48. The van der Waals surface area contributed by atoms with E-state index in [0.717, 1.165) is 0 Å². The molecule has 0 bridgehead atoms. The summed E-state index contributed by atoms with van der Waals surface area (Å²) in [6.45, 7) is 9.84. The lowest BCUT2D eigenvalue weighted by atomic mass is 10.1. The number of allylic oxidation sites excluding steroid dienone is 1. The van der Waals surface area contributed by atoms with Crippen molar-refractivity contribution in [3.63, 3.8) is 0 Å². The van der Waals surface area contributed by atoms with Crippen molar-refractivity contribution in [1.29, 1.82) is 0 Å². The Labute approximate surface area is 110 Å². The Balaban J connectivity index is 5.04. The SMILES string of the molecule is CCOP(=O)(C/C(=C/C(C)C)C(=O)O)CC(C)C. The number of hydrogen-bond acceptors (Lipinski definition) is 3. The van der Waals surface area contributed by atoms with E-state index in [2.05, 4.69) is 0 Å². The van der Waals surface area contributed by atoms with Gasteiger partial charge >= 0.3 is 5.97 Å². The Morgan fingerprint density at radius 2 is 1.89 bits per heavy atom. The number of carboxylic acid groups (broad SMARTS) is 1. The van der Waals surface area contributed by atoms with Gasteiger partial charge in [-0.2, -0.15) is 0 Å². The number of aliphatic carboxylic acids is 1. The highest BCUT2D eigenvalue weighted by Crippen LogP contribution is 2.50. The summed E-state index contributed by atoms with van der Waals surface area (Å²) in [5.74, 6) is -0.672. The standard InChI is InChI=1S/C13H25O4P/c1-6-17-18(16,8-11(4)5)9-12(13(14)15)7-10(2)3/h7,10-11H,6,8-9H2,1-5H3,(H,14,15)/b12-7-. The summed E-state index contributed by atoms with van der Waals surface area (Å²) >= 11 is 0. The molecule has 0 aliphatic carbocycles. The monoisotopic (exact) mass is 276 g/mol. The van der Waals surface area contributed by atoms with Gasteiger partial charge in [0.25, 0.3) is 0 Å². The molecule has 5 heteroatoms. The zero-order chi connectivity index (χ0) is 14.3. The Bertz CT molecular complexity index is 345. The van der Waals surface area contributed by atoms with E-state index in [0.29, 0.717) is 12.8 Å². The molecule has 4 nitrogen and oxygen atoms in total. The molecule has 0 aromatic rings. The van der Waals surface area contributed by atoms with Crippen LogP contribution >= 0.6 is 7.37 Å². The number of carboxylic acids is 1. The van der Waals surface area contributed by atoms with Crippen molar-refractivity contribution < 1.29 is 19.0 Å². The summed E-state index contributed by atoms with van der Waals surface area (Å²) in [4.78, 5) is 11.2. The molecule has 0 rings (SSSR count). The first kappa shape index (κ1) is 17.4. The van der Waals surface area contributed by atoms with E-state index in [1.807, 2.05) is 27.7 Å². The minimum absolute atomic E-state index is 0.0204. The molecule has 0 aliphatic heterocycles. The molecule has 106 valence electrons. The van der Waals surface area contributed by atoms with Crippen LogP contribution in [0.5, 0.6) is 0 Å². The lowest BCUT2D eigenvalue weighted by molar-refractivity contribution is -0.132. The summed E-state index contributed by atoms with van der Waals surface area (Å²) in [7, 11) is -2.89. The summed E-state index contributed by atoms with van der Waals surface area (Å²) < 4.78 is 17.9. The van der Waals surface area contributed by atoms with Gasteiger partial charge in [0.05, 0.1) is 12.8 Å². The number of carbonyl (C=O) groups is 1. The maximum Gasteiger partial charge on any atom is 0.331 e. The van der Waals surface area contributed by atoms with Crippen LogP contribution in [0.1, 0.15) is 34.6 Å². The van der Waals surface area contributed by atoms with Gasteiger partial charge in [0.15, 0.2) is 0 Å². The third-order valence-electron chi connectivity index (χ3n) is 2.23. The van der Waals surface area contributed by atoms with Gasteiger partial charge in [0, 0.05) is 11.7 Å². The smallest absolute Gasteiger partial charge is 0.331 e. The van der Waals surface area contributed by atoms with Gasteiger partial charge in [0.1, 0.15) is 0 Å². The molecule has 0 saturated heterocycles. The fourth-order valence-electron chi connectivity index (χ4n) is 1.81. The lowest BCUT2D eigenvalue weighted by Gasteiger charge is -2.20. The van der Waals surface area contributed by atoms with Crippen LogP contribution in [0.4, 0.5) is 0 Å². The first-order chi connectivity index (χ1) is 8.20. The zero-order valence-electron chi connectivity index (χ0n) is 12.0. The Kier molecular flexibility index (Phi) is 7.49. The van der Waals surface area contributed by atoms with Gasteiger partial charge in [-0.3, -0.25) is 4.57 Å². The highest BCUT2D eigenvalue weighted by atomic mass is 31.2. The second kappa shape index (κ2) is 7.75. The molecular formula is C13H25O4P. The molecule has 0 radical (unpaired) electrons. The maximum absolute atomic E-state index is 12.6. The maximum atomic E-state index is 12.6. The first-order valence-electron chi connectivity index (χ1n) is 6.36. The van der Waals surface area contributed by atoms with Crippen LogP contribution in [-0.2, 0) is 13.9 Å². The third kappa shape index (κ3) is 6.97. The van der Waals surface area contributed by atoms with Crippen molar-refractivity contribution in [3.05, 3.63) is 11.6 Å². The lowest BCUT2D eigenvalue weighted by Crippen LogP contribution is -2.12. The molecule has 0 aromatic carbocycles. The van der Waals surface area contributed by atoms with Crippen molar-refractivity contribution in [2.45, 2.75) is 34.6 Å². The predicted molar refractivity (Wildman–Crippen MR) is 74.4 cm³/mol. The average Bonchev–Trinajstić information content (AvgIpc) is 2.14. The second-order valence-corrected chi connectivity index (χ2v) is 7.78. The van der Waals surface area contributed by atoms with E-state index in [9.17, 15) is 9.36 Å². The van der Waals surface area contributed by atoms with Crippen molar-refractivity contribution in [2.75, 3.05) is 18.9 Å². The minimum atomic E-state index is -2.89. The van der Waals surface area contributed by atoms with Gasteiger partial charge in [-0.1, -0.05) is 33.8 Å². The summed E-state index contributed by atoms with van der Waals surface area (Å²) in [5.41, 5.74) is 0.197. The van der Waals surface area contributed by atoms with Crippen LogP contribution in [0.15, 0.2) is 11.6 Å². The quantitative estimate of drug-likeness (QED) is 0.543. The van der Waals surface area contributed by atoms with Crippen molar-refractivity contribution in [2.24, 2.45) is 11.8 Å². The van der Waals surface area contributed by atoms with Crippen molar-refractivity contribution in [3.8, 4) is 0 Å². The Morgan fingerprint density at radius 3 is 2.22 bits per heavy atom. The summed E-state index contributed by atoms with van der Waals surface area (Å²) in [6.07, 6.45) is 2.09. The Morgan fingerprint density at radius 1 is 1.33 bits per heavy atom. The molecule has 1 unspecified atom stereocenters. The molecule has 0 fully saturated rings. The second-order valence-electron chi connectivity index (χ2n) is 5.21. The van der Waals surface area contributed by atoms with E-state index in [1.54, 1.807) is 13.0 Å². The minimum Gasteiger partial charge on any atom is -0.478 e. The molecule has 0 heterocycles. The molecule has 0 aromatic heterocycles. The van der Waals surface area contributed by atoms with Gasteiger partial charge in [-0.25, -0.2) is 4.79 Å². The van der Waals surface area contributed by atoms with Gasteiger partial charge in [-0.15, -0.1) is 0 Å².